The Morgan fingerprint density at radius 3 is 2.55 bits per heavy atom. The summed E-state index contributed by atoms with van der Waals surface area (Å²) in [6, 6.07) is -0.943. The number of thiazole rings is 1. The zero-order chi connectivity index (χ0) is 16.5. The average Bonchev–Trinajstić information content (AvgIpc) is 2.90. The molecule has 1 amide bonds. The number of nitrogens with zero attached hydrogens (tertiary/aromatic N) is 1. The number of carbonyl (C=O) groups is 3. The van der Waals surface area contributed by atoms with Gasteiger partial charge in [-0.3, -0.25) is 9.59 Å². The molecule has 1 rings (SSSR count). The fourth-order valence-electron chi connectivity index (χ4n) is 1.60. The third kappa shape index (κ3) is 5.68. The molecule has 0 fully saturated rings. The lowest BCUT2D eigenvalue weighted by molar-refractivity contribution is -0.146. The van der Waals surface area contributed by atoms with Gasteiger partial charge in [0.15, 0.2) is 5.01 Å². The minimum absolute atomic E-state index is 0.00237. The first-order chi connectivity index (χ1) is 10.5. The molecule has 1 aromatic rings. The van der Waals surface area contributed by atoms with E-state index in [-0.39, 0.29) is 31.1 Å². The van der Waals surface area contributed by atoms with Crippen LogP contribution in [-0.2, 0) is 19.1 Å². The van der Waals surface area contributed by atoms with Crippen LogP contribution >= 0.6 is 11.3 Å². The Balaban J connectivity index is 2.66. The second-order valence-electron chi connectivity index (χ2n) is 4.19. The number of amides is 1. The van der Waals surface area contributed by atoms with Crippen LogP contribution in [0.5, 0.6) is 0 Å². The van der Waals surface area contributed by atoms with Crippen LogP contribution in [0.3, 0.4) is 0 Å². The highest BCUT2D eigenvalue weighted by molar-refractivity contribution is 7.17. The van der Waals surface area contributed by atoms with E-state index >= 15 is 0 Å². The van der Waals surface area contributed by atoms with E-state index in [0.717, 1.165) is 11.3 Å². The number of ether oxygens (including phenoxy) is 2. The van der Waals surface area contributed by atoms with Crippen LogP contribution < -0.4 is 11.1 Å². The maximum absolute atomic E-state index is 12.0. The van der Waals surface area contributed by atoms with E-state index in [1.807, 2.05) is 0 Å². The van der Waals surface area contributed by atoms with Crippen molar-refractivity contribution < 1.29 is 23.9 Å². The Kier molecular flexibility index (Phi) is 7.30. The number of hydrogen-bond acceptors (Lipinski definition) is 8. The minimum Gasteiger partial charge on any atom is -0.466 e. The molecule has 0 saturated heterocycles. The number of carbonyl (C=O) groups excluding carboxylic acids is 3. The number of nitrogens with two attached hydrogens (primary N) is 1. The maximum Gasteiger partial charge on any atom is 0.328 e. The monoisotopic (exact) mass is 329 g/mol. The quantitative estimate of drug-likeness (QED) is 0.674. The first kappa shape index (κ1) is 17.9. The van der Waals surface area contributed by atoms with Crippen LogP contribution in [0.4, 0.5) is 5.00 Å². The van der Waals surface area contributed by atoms with E-state index in [4.69, 9.17) is 15.2 Å². The molecule has 1 aromatic heterocycles. The Morgan fingerprint density at radius 1 is 1.32 bits per heavy atom. The normalized spacial score (nSPS) is 11.5. The Bertz CT molecular complexity index is 532. The summed E-state index contributed by atoms with van der Waals surface area (Å²) in [5.41, 5.74) is 5.51. The molecule has 22 heavy (non-hydrogen) atoms. The highest BCUT2D eigenvalue weighted by Crippen LogP contribution is 2.14. The molecule has 1 atom stereocenters. The van der Waals surface area contributed by atoms with E-state index in [2.05, 4.69) is 10.3 Å². The largest absolute Gasteiger partial charge is 0.466 e. The van der Waals surface area contributed by atoms with Gasteiger partial charge in [0.25, 0.3) is 5.91 Å². The Labute approximate surface area is 132 Å². The summed E-state index contributed by atoms with van der Waals surface area (Å²) in [6.07, 6.45) is 1.44. The summed E-state index contributed by atoms with van der Waals surface area (Å²) >= 11 is 1.01. The molecule has 122 valence electrons. The minimum atomic E-state index is -0.943. The van der Waals surface area contributed by atoms with Crippen LogP contribution in [0, 0.1) is 0 Å². The summed E-state index contributed by atoms with van der Waals surface area (Å²) in [7, 11) is 0. The molecule has 0 aliphatic carbocycles. The molecule has 0 aliphatic rings. The van der Waals surface area contributed by atoms with Crippen molar-refractivity contribution in [3.05, 3.63) is 11.2 Å². The fraction of sp³-hybridized carbons (Fsp3) is 0.538. The van der Waals surface area contributed by atoms with Gasteiger partial charge < -0.3 is 20.5 Å². The van der Waals surface area contributed by atoms with Crippen LogP contribution in [0.1, 0.15) is 36.5 Å². The number of hydrogen-bond donors (Lipinski definition) is 2. The van der Waals surface area contributed by atoms with Gasteiger partial charge in [0.2, 0.25) is 0 Å². The SMILES string of the molecule is CCOC(=O)CC[C@H](NC(=O)c1ncc(N)s1)C(=O)OCC. The Hall–Kier alpha value is -2.16. The van der Waals surface area contributed by atoms with Crippen LogP contribution in [0.15, 0.2) is 6.20 Å². The number of aromatic nitrogens is 1. The predicted octanol–water partition coefficient (Wildman–Crippen LogP) is 0.730. The lowest BCUT2D eigenvalue weighted by Gasteiger charge is -2.16. The van der Waals surface area contributed by atoms with Gasteiger partial charge in [-0.15, -0.1) is 0 Å². The van der Waals surface area contributed by atoms with Crippen molar-refractivity contribution in [2.75, 3.05) is 18.9 Å². The van der Waals surface area contributed by atoms with Crippen molar-refractivity contribution in [3.63, 3.8) is 0 Å². The van der Waals surface area contributed by atoms with Crippen LogP contribution in [-0.4, -0.2) is 42.1 Å². The van der Waals surface area contributed by atoms with E-state index < -0.39 is 23.9 Å². The molecule has 0 unspecified atom stereocenters. The molecule has 0 bridgehead atoms. The van der Waals surface area contributed by atoms with Gasteiger partial charge >= 0.3 is 11.9 Å². The standard InChI is InChI=1S/C13H19N3O5S/c1-3-20-10(17)6-5-8(13(19)21-4-2)16-11(18)12-15-7-9(14)22-12/h7-8H,3-6,14H2,1-2H3,(H,16,18)/t8-/m0/s1. The van der Waals surface area contributed by atoms with Crippen molar-refractivity contribution in [1.29, 1.82) is 0 Å². The maximum atomic E-state index is 12.0. The van der Waals surface area contributed by atoms with Crippen LogP contribution in [0.25, 0.3) is 0 Å². The van der Waals surface area contributed by atoms with Crippen molar-refractivity contribution in [2.24, 2.45) is 0 Å². The van der Waals surface area contributed by atoms with Crippen molar-refractivity contribution in [3.8, 4) is 0 Å². The fourth-order valence-corrected chi connectivity index (χ4v) is 2.18. The molecule has 1 heterocycles. The number of esters is 2. The van der Waals surface area contributed by atoms with Gasteiger partial charge in [0.1, 0.15) is 11.0 Å². The molecule has 8 nitrogen and oxygen atoms in total. The molecular formula is C13H19N3O5S. The van der Waals surface area contributed by atoms with Gasteiger partial charge in [-0.05, 0) is 20.3 Å². The first-order valence-corrected chi connectivity index (χ1v) is 7.64. The third-order valence-corrected chi connectivity index (χ3v) is 3.36. The van der Waals surface area contributed by atoms with Crippen molar-refractivity contribution in [2.45, 2.75) is 32.7 Å². The van der Waals surface area contributed by atoms with Gasteiger partial charge in [0, 0.05) is 6.42 Å². The summed E-state index contributed by atoms with van der Waals surface area (Å²) in [5, 5.41) is 3.03. The van der Waals surface area contributed by atoms with Crippen LogP contribution in [0.2, 0.25) is 0 Å². The van der Waals surface area contributed by atoms with Crippen molar-refractivity contribution in [1.82, 2.24) is 10.3 Å². The van der Waals surface area contributed by atoms with Crippen molar-refractivity contribution >= 4 is 34.2 Å². The lowest BCUT2D eigenvalue weighted by atomic mass is 10.1. The number of nitrogens with one attached hydrogen (secondary N) is 1. The number of nitrogen functional groups attached to an aromatic ring is 1. The molecule has 0 aromatic carbocycles. The smallest absolute Gasteiger partial charge is 0.328 e. The summed E-state index contributed by atoms with van der Waals surface area (Å²) in [6.45, 7) is 3.78. The highest BCUT2D eigenvalue weighted by atomic mass is 32.1. The zero-order valence-electron chi connectivity index (χ0n) is 12.5. The predicted molar refractivity (Wildman–Crippen MR) is 80.3 cm³/mol. The molecular weight excluding hydrogens is 310 g/mol. The summed E-state index contributed by atoms with van der Waals surface area (Å²) in [4.78, 5) is 39.1. The summed E-state index contributed by atoms with van der Waals surface area (Å²) < 4.78 is 9.69. The van der Waals surface area contributed by atoms with E-state index in [1.165, 1.54) is 6.20 Å². The third-order valence-electron chi connectivity index (χ3n) is 2.54. The molecule has 0 radical (unpaired) electrons. The molecule has 3 N–H and O–H groups in total. The molecule has 9 heteroatoms. The number of rotatable bonds is 8. The van der Waals surface area contributed by atoms with Gasteiger partial charge in [-0.25, -0.2) is 9.78 Å². The van der Waals surface area contributed by atoms with Gasteiger partial charge in [-0.2, -0.15) is 0 Å². The molecule has 0 aliphatic heterocycles. The molecule has 0 spiro atoms. The average molecular weight is 329 g/mol. The van der Waals surface area contributed by atoms with E-state index in [0.29, 0.717) is 5.00 Å². The Morgan fingerprint density at radius 2 is 2.00 bits per heavy atom. The van der Waals surface area contributed by atoms with Gasteiger partial charge in [-0.1, -0.05) is 11.3 Å². The lowest BCUT2D eigenvalue weighted by Crippen LogP contribution is -2.42. The highest BCUT2D eigenvalue weighted by Gasteiger charge is 2.25. The first-order valence-electron chi connectivity index (χ1n) is 6.82. The topological polar surface area (TPSA) is 121 Å². The van der Waals surface area contributed by atoms with Gasteiger partial charge in [0.05, 0.1) is 19.4 Å². The second-order valence-corrected chi connectivity index (χ2v) is 5.25. The zero-order valence-corrected chi connectivity index (χ0v) is 13.3. The number of anilines is 1. The van der Waals surface area contributed by atoms with E-state index in [9.17, 15) is 14.4 Å². The molecule has 0 saturated carbocycles. The summed E-state index contributed by atoms with van der Waals surface area (Å²) in [5.74, 6) is -1.59. The second kappa shape index (κ2) is 8.98. The van der Waals surface area contributed by atoms with E-state index in [1.54, 1.807) is 13.8 Å².